The number of nitrogens with one attached hydrogen (secondary N) is 1. The number of carbonyl (C=O) groups is 1. The van der Waals surface area contributed by atoms with Gasteiger partial charge in [0.15, 0.2) is 0 Å². The Labute approximate surface area is 130 Å². The van der Waals surface area contributed by atoms with E-state index in [4.69, 9.17) is 4.74 Å². The van der Waals surface area contributed by atoms with E-state index in [2.05, 4.69) is 24.1 Å². The lowest BCUT2D eigenvalue weighted by atomic mass is 9.87. The number of ether oxygens (including phenoxy) is 1. The second kappa shape index (κ2) is 8.86. The smallest absolute Gasteiger partial charge is 0.138 e. The second-order valence-electron chi connectivity index (χ2n) is 7.60. The molecule has 1 heterocycles. The Bertz CT molecular complexity index is 310. The quantitative estimate of drug-likeness (QED) is 0.698. The maximum atomic E-state index is 12.0. The number of hydrogen-bond donors (Lipinski definition) is 1. The van der Waals surface area contributed by atoms with E-state index >= 15 is 0 Å². The molecule has 0 aromatic carbocycles. The molecular formula is C17H34N2O2. The van der Waals surface area contributed by atoms with Crippen molar-refractivity contribution in [2.75, 3.05) is 39.3 Å². The molecule has 1 aliphatic rings. The van der Waals surface area contributed by atoms with Crippen LogP contribution in [0.5, 0.6) is 0 Å². The Hall–Kier alpha value is -0.450. The summed E-state index contributed by atoms with van der Waals surface area (Å²) in [4.78, 5) is 14.4. The molecule has 0 radical (unpaired) electrons. The topological polar surface area (TPSA) is 41.6 Å². The normalized spacial score (nSPS) is 21.0. The summed E-state index contributed by atoms with van der Waals surface area (Å²) < 4.78 is 5.80. The summed E-state index contributed by atoms with van der Waals surface area (Å²) in [5.74, 6) is 1.03. The molecule has 0 aliphatic carbocycles. The van der Waals surface area contributed by atoms with E-state index in [-0.39, 0.29) is 11.5 Å². The van der Waals surface area contributed by atoms with Crippen molar-refractivity contribution in [1.29, 1.82) is 0 Å². The molecule has 1 N–H and O–H groups in total. The number of hydrogen-bond acceptors (Lipinski definition) is 4. The average Bonchev–Trinajstić information content (AvgIpc) is 2.40. The predicted octanol–water partition coefficient (Wildman–Crippen LogP) is 2.33. The molecule has 1 saturated heterocycles. The average molecular weight is 298 g/mol. The number of ketones is 1. The standard InChI is InChI=1S/C17H34N2O2/c1-14(2)12-18-8-9-19-10-11-21-15(13-19)6-7-16(20)17(3,4)5/h14-15,18H,6-13H2,1-5H3/t15-/m1/s1. The van der Waals surface area contributed by atoms with Crippen LogP contribution >= 0.6 is 0 Å². The van der Waals surface area contributed by atoms with Crippen molar-refractivity contribution in [2.24, 2.45) is 11.3 Å². The van der Waals surface area contributed by atoms with Gasteiger partial charge in [0, 0.05) is 38.0 Å². The Balaban J connectivity index is 2.21. The molecule has 0 bridgehead atoms. The van der Waals surface area contributed by atoms with E-state index < -0.39 is 0 Å². The van der Waals surface area contributed by atoms with E-state index in [0.717, 1.165) is 45.8 Å². The second-order valence-corrected chi connectivity index (χ2v) is 7.60. The van der Waals surface area contributed by atoms with Gasteiger partial charge in [-0.1, -0.05) is 34.6 Å². The minimum Gasteiger partial charge on any atom is -0.376 e. The SMILES string of the molecule is CC(C)CNCCN1CCO[C@H](CCC(=O)C(C)(C)C)C1. The van der Waals surface area contributed by atoms with Crippen molar-refractivity contribution in [3.05, 3.63) is 0 Å². The molecule has 0 aromatic rings. The molecule has 4 nitrogen and oxygen atoms in total. The van der Waals surface area contributed by atoms with Gasteiger partial charge in [0.2, 0.25) is 0 Å². The maximum absolute atomic E-state index is 12.0. The van der Waals surface area contributed by atoms with Crippen molar-refractivity contribution >= 4 is 5.78 Å². The summed E-state index contributed by atoms with van der Waals surface area (Å²) in [5.41, 5.74) is -0.227. The van der Waals surface area contributed by atoms with E-state index in [9.17, 15) is 4.79 Å². The van der Waals surface area contributed by atoms with Gasteiger partial charge in [-0.05, 0) is 18.9 Å². The van der Waals surface area contributed by atoms with Crippen molar-refractivity contribution in [2.45, 2.75) is 53.6 Å². The molecule has 124 valence electrons. The summed E-state index contributed by atoms with van der Waals surface area (Å²) in [7, 11) is 0. The first kappa shape index (κ1) is 18.6. The van der Waals surface area contributed by atoms with Crippen LogP contribution in [0.2, 0.25) is 0 Å². The molecule has 4 heteroatoms. The monoisotopic (exact) mass is 298 g/mol. The Kier molecular flexibility index (Phi) is 7.85. The number of carbonyl (C=O) groups excluding carboxylic acids is 1. The van der Waals surface area contributed by atoms with Crippen LogP contribution < -0.4 is 5.32 Å². The van der Waals surface area contributed by atoms with Crippen LogP contribution in [0.15, 0.2) is 0 Å². The molecule has 0 unspecified atom stereocenters. The Morgan fingerprint density at radius 1 is 1.38 bits per heavy atom. The molecule has 0 aromatic heterocycles. The molecule has 0 spiro atoms. The largest absolute Gasteiger partial charge is 0.376 e. The van der Waals surface area contributed by atoms with Crippen LogP contribution in [-0.4, -0.2) is 56.1 Å². The van der Waals surface area contributed by atoms with Crippen LogP contribution in [0.1, 0.15) is 47.5 Å². The van der Waals surface area contributed by atoms with Crippen molar-refractivity contribution < 1.29 is 9.53 Å². The molecule has 1 aliphatic heterocycles. The van der Waals surface area contributed by atoms with E-state index in [1.807, 2.05) is 20.8 Å². The van der Waals surface area contributed by atoms with Gasteiger partial charge in [0.25, 0.3) is 0 Å². The lowest BCUT2D eigenvalue weighted by Crippen LogP contribution is -2.45. The van der Waals surface area contributed by atoms with Gasteiger partial charge < -0.3 is 10.1 Å². The fourth-order valence-electron chi connectivity index (χ4n) is 2.45. The highest BCUT2D eigenvalue weighted by Gasteiger charge is 2.25. The number of rotatable bonds is 8. The van der Waals surface area contributed by atoms with Crippen LogP contribution in [0.4, 0.5) is 0 Å². The molecule has 1 fully saturated rings. The van der Waals surface area contributed by atoms with Crippen LogP contribution in [0, 0.1) is 11.3 Å². The zero-order chi connectivity index (χ0) is 15.9. The summed E-state index contributed by atoms with van der Waals surface area (Å²) in [5, 5.41) is 3.48. The highest BCUT2D eigenvalue weighted by Crippen LogP contribution is 2.20. The van der Waals surface area contributed by atoms with E-state index in [0.29, 0.717) is 18.1 Å². The molecule has 1 atom stereocenters. The minimum absolute atomic E-state index is 0.218. The minimum atomic E-state index is -0.227. The van der Waals surface area contributed by atoms with Gasteiger partial charge in [-0.2, -0.15) is 0 Å². The third-order valence-corrected chi connectivity index (χ3v) is 3.91. The van der Waals surface area contributed by atoms with Gasteiger partial charge in [0.05, 0.1) is 12.7 Å². The maximum Gasteiger partial charge on any atom is 0.138 e. The Morgan fingerprint density at radius 3 is 2.71 bits per heavy atom. The fourth-order valence-corrected chi connectivity index (χ4v) is 2.45. The lowest BCUT2D eigenvalue weighted by Gasteiger charge is -2.33. The number of Topliss-reactive ketones (excluding diaryl/α,β-unsaturated/α-hetero) is 1. The predicted molar refractivity (Wildman–Crippen MR) is 87.6 cm³/mol. The third-order valence-electron chi connectivity index (χ3n) is 3.91. The van der Waals surface area contributed by atoms with Crippen molar-refractivity contribution in [3.63, 3.8) is 0 Å². The van der Waals surface area contributed by atoms with Crippen molar-refractivity contribution in [1.82, 2.24) is 10.2 Å². The summed E-state index contributed by atoms with van der Waals surface area (Å²) >= 11 is 0. The highest BCUT2D eigenvalue weighted by atomic mass is 16.5. The molecule has 21 heavy (non-hydrogen) atoms. The first-order valence-electron chi connectivity index (χ1n) is 8.37. The van der Waals surface area contributed by atoms with Gasteiger partial charge in [-0.25, -0.2) is 0 Å². The van der Waals surface area contributed by atoms with Gasteiger partial charge in [0.1, 0.15) is 5.78 Å². The fraction of sp³-hybridized carbons (Fsp3) is 0.941. The number of morpholine rings is 1. The molecular weight excluding hydrogens is 264 g/mol. The summed E-state index contributed by atoms with van der Waals surface area (Å²) in [6, 6.07) is 0. The Morgan fingerprint density at radius 2 is 2.10 bits per heavy atom. The molecule has 0 saturated carbocycles. The van der Waals surface area contributed by atoms with Crippen LogP contribution in [0.3, 0.4) is 0 Å². The van der Waals surface area contributed by atoms with Gasteiger partial charge >= 0.3 is 0 Å². The first-order valence-corrected chi connectivity index (χ1v) is 8.37. The molecule has 0 amide bonds. The van der Waals surface area contributed by atoms with Gasteiger partial charge in [-0.15, -0.1) is 0 Å². The zero-order valence-corrected chi connectivity index (χ0v) is 14.6. The van der Waals surface area contributed by atoms with Crippen LogP contribution in [0.25, 0.3) is 0 Å². The zero-order valence-electron chi connectivity index (χ0n) is 14.6. The highest BCUT2D eigenvalue weighted by molar-refractivity contribution is 5.83. The first-order chi connectivity index (χ1) is 9.79. The number of nitrogens with zero attached hydrogens (tertiary/aromatic N) is 1. The molecule has 1 rings (SSSR count). The third kappa shape index (κ3) is 7.93. The van der Waals surface area contributed by atoms with Crippen molar-refractivity contribution in [3.8, 4) is 0 Å². The summed E-state index contributed by atoms with van der Waals surface area (Å²) in [6.45, 7) is 16.4. The lowest BCUT2D eigenvalue weighted by molar-refractivity contribution is -0.127. The summed E-state index contributed by atoms with van der Waals surface area (Å²) in [6.07, 6.45) is 1.70. The van der Waals surface area contributed by atoms with E-state index in [1.54, 1.807) is 0 Å². The van der Waals surface area contributed by atoms with Gasteiger partial charge in [-0.3, -0.25) is 9.69 Å². The van der Waals surface area contributed by atoms with Crippen LogP contribution in [-0.2, 0) is 9.53 Å². The van der Waals surface area contributed by atoms with E-state index in [1.165, 1.54) is 0 Å².